The van der Waals surface area contributed by atoms with Crippen molar-refractivity contribution in [3.05, 3.63) is 65.7 Å². The maximum atomic E-state index is 12.8. The van der Waals surface area contributed by atoms with Crippen LogP contribution >= 0.6 is 0 Å². The summed E-state index contributed by atoms with van der Waals surface area (Å²) in [6.07, 6.45) is 2.18. The Morgan fingerprint density at radius 2 is 1.79 bits per heavy atom. The summed E-state index contributed by atoms with van der Waals surface area (Å²) in [5.74, 6) is 0.843. The van der Waals surface area contributed by atoms with E-state index in [2.05, 4.69) is 35.4 Å². The number of hydrogen-bond donors (Lipinski definition) is 1. The Morgan fingerprint density at radius 1 is 1.05 bits per heavy atom. The van der Waals surface area contributed by atoms with Gasteiger partial charge >= 0.3 is 6.36 Å². The normalized spacial score (nSPS) is 16.2. The highest BCUT2D eigenvalue weighted by molar-refractivity contribution is 7.89. The molecule has 9 nitrogen and oxygen atoms in total. The van der Waals surface area contributed by atoms with Crippen LogP contribution in [0.5, 0.6) is 11.6 Å². The number of aromatic nitrogens is 3. The Kier molecular flexibility index (Phi) is 6.97. The summed E-state index contributed by atoms with van der Waals surface area (Å²) in [6.45, 7) is 1.14. The number of ether oxygens (including phenoxy) is 2. The third kappa shape index (κ3) is 5.73. The van der Waals surface area contributed by atoms with E-state index < -0.39 is 22.1 Å². The predicted molar refractivity (Wildman–Crippen MR) is 133 cm³/mol. The van der Waals surface area contributed by atoms with E-state index in [-0.39, 0.29) is 10.9 Å². The Bertz CT molecular complexity index is 1450. The maximum Gasteiger partial charge on any atom is 0.573 e. The lowest BCUT2D eigenvalue weighted by Gasteiger charge is -2.33. The molecule has 2 aliphatic rings. The molecule has 3 heterocycles. The first kappa shape index (κ1) is 25.9. The SMILES string of the molecule is COc1cc(C2=Cc3c(ncnc3N3CCC(NS(=O)(=O)c4ccc(OC(F)(F)F)cc4)CC3)C2)ccn1. The molecular formula is C25H24F3N5O4S. The molecule has 0 bridgehead atoms. The average Bonchev–Trinajstić information content (AvgIpc) is 3.33. The summed E-state index contributed by atoms with van der Waals surface area (Å²) in [6, 6.07) is 7.60. The van der Waals surface area contributed by atoms with E-state index in [0.717, 1.165) is 52.5 Å². The number of hydrogen-bond acceptors (Lipinski definition) is 8. The number of rotatable bonds is 7. The molecule has 1 N–H and O–H groups in total. The van der Waals surface area contributed by atoms with Crippen LogP contribution in [0.1, 0.15) is 29.7 Å². The third-order valence-corrected chi connectivity index (χ3v) is 7.96. The van der Waals surface area contributed by atoms with Crippen molar-refractivity contribution >= 4 is 27.5 Å². The van der Waals surface area contributed by atoms with Gasteiger partial charge in [-0.2, -0.15) is 0 Å². The second-order valence-electron chi connectivity index (χ2n) is 8.89. The molecule has 0 spiro atoms. The molecule has 1 aromatic carbocycles. The van der Waals surface area contributed by atoms with Gasteiger partial charge in [0, 0.05) is 43.4 Å². The smallest absolute Gasteiger partial charge is 0.481 e. The molecular weight excluding hydrogens is 523 g/mol. The zero-order valence-corrected chi connectivity index (χ0v) is 21.1. The van der Waals surface area contributed by atoms with Crippen molar-refractivity contribution in [3.8, 4) is 11.6 Å². The number of halogens is 3. The van der Waals surface area contributed by atoms with Crippen molar-refractivity contribution < 1.29 is 31.1 Å². The first-order chi connectivity index (χ1) is 18.1. The van der Waals surface area contributed by atoms with Gasteiger partial charge in [0.15, 0.2) is 0 Å². The molecule has 1 aliphatic carbocycles. The number of alkyl halides is 3. The summed E-state index contributed by atoms with van der Waals surface area (Å²) in [7, 11) is -2.34. The number of pyridine rings is 1. The lowest BCUT2D eigenvalue weighted by molar-refractivity contribution is -0.274. The lowest BCUT2D eigenvalue weighted by Crippen LogP contribution is -2.45. The number of piperidine rings is 1. The van der Waals surface area contributed by atoms with Gasteiger partial charge in [0.2, 0.25) is 15.9 Å². The third-order valence-electron chi connectivity index (χ3n) is 6.42. The molecule has 38 heavy (non-hydrogen) atoms. The molecule has 200 valence electrons. The molecule has 1 saturated heterocycles. The van der Waals surface area contributed by atoms with Gasteiger partial charge in [0.05, 0.1) is 17.7 Å². The van der Waals surface area contributed by atoms with Crippen molar-refractivity contribution in [2.75, 3.05) is 25.1 Å². The molecule has 0 amide bonds. The van der Waals surface area contributed by atoms with Crippen molar-refractivity contribution in [2.24, 2.45) is 0 Å². The highest BCUT2D eigenvalue weighted by Crippen LogP contribution is 2.36. The summed E-state index contributed by atoms with van der Waals surface area (Å²) in [4.78, 5) is 15.1. The van der Waals surface area contributed by atoms with Gasteiger partial charge in [-0.05, 0) is 60.4 Å². The monoisotopic (exact) mass is 547 g/mol. The molecule has 0 unspecified atom stereocenters. The summed E-state index contributed by atoms with van der Waals surface area (Å²) in [5, 5.41) is 0. The number of methoxy groups -OCH3 is 1. The van der Waals surface area contributed by atoms with E-state index in [1.54, 1.807) is 19.6 Å². The van der Waals surface area contributed by atoms with Crippen LogP contribution in [0, 0.1) is 0 Å². The van der Waals surface area contributed by atoms with Crippen molar-refractivity contribution in [3.63, 3.8) is 0 Å². The van der Waals surface area contributed by atoms with Gasteiger partial charge in [-0.3, -0.25) is 0 Å². The minimum atomic E-state index is -4.85. The number of anilines is 1. The fourth-order valence-corrected chi connectivity index (χ4v) is 5.90. The zero-order chi connectivity index (χ0) is 26.9. The van der Waals surface area contributed by atoms with Gasteiger partial charge in [-0.25, -0.2) is 28.1 Å². The molecule has 1 fully saturated rings. The number of nitrogens with one attached hydrogen (secondary N) is 1. The average molecular weight is 548 g/mol. The quantitative estimate of drug-likeness (QED) is 0.476. The molecule has 5 rings (SSSR count). The fraction of sp³-hybridized carbons (Fsp3) is 0.320. The summed E-state index contributed by atoms with van der Waals surface area (Å²) in [5.41, 5.74) is 3.93. The lowest BCUT2D eigenvalue weighted by atomic mass is 10.1. The van der Waals surface area contributed by atoms with Gasteiger partial charge in [-0.1, -0.05) is 0 Å². The first-order valence-corrected chi connectivity index (χ1v) is 13.3. The Morgan fingerprint density at radius 3 is 2.47 bits per heavy atom. The highest BCUT2D eigenvalue weighted by atomic mass is 32.2. The molecule has 0 saturated carbocycles. The Hall–Kier alpha value is -3.71. The highest BCUT2D eigenvalue weighted by Gasteiger charge is 2.32. The van der Waals surface area contributed by atoms with Crippen LogP contribution in [0.2, 0.25) is 0 Å². The number of fused-ring (bicyclic) bond motifs is 1. The van der Waals surface area contributed by atoms with Crippen LogP contribution in [0.4, 0.5) is 19.0 Å². The molecule has 1 aliphatic heterocycles. The maximum absolute atomic E-state index is 12.8. The number of nitrogens with zero attached hydrogens (tertiary/aromatic N) is 4. The topological polar surface area (TPSA) is 107 Å². The second kappa shape index (κ2) is 10.2. The molecule has 2 aromatic heterocycles. The van der Waals surface area contributed by atoms with Crippen molar-refractivity contribution in [2.45, 2.75) is 36.6 Å². The van der Waals surface area contributed by atoms with Crippen LogP contribution < -0.4 is 19.1 Å². The van der Waals surface area contributed by atoms with E-state index in [0.29, 0.717) is 38.2 Å². The van der Waals surface area contributed by atoms with E-state index in [1.807, 2.05) is 12.1 Å². The Labute approximate surface area is 217 Å². The van der Waals surface area contributed by atoms with Gasteiger partial charge < -0.3 is 14.4 Å². The van der Waals surface area contributed by atoms with Gasteiger partial charge in [0.1, 0.15) is 17.9 Å². The molecule has 0 radical (unpaired) electrons. The largest absolute Gasteiger partial charge is 0.573 e. The zero-order valence-electron chi connectivity index (χ0n) is 20.3. The second-order valence-corrected chi connectivity index (χ2v) is 10.6. The van der Waals surface area contributed by atoms with Crippen LogP contribution in [0.25, 0.3) is 11.6 Å². The van der Waals surface area contributed by atoms with Gasteiger partial charge in [0.25, 0.3) is 0 Å². The molecule has 13 heteroatoms. The molecule has 3 aromatic rings. The van der Waals surface area contributed by atoms with Gasteiger partial charge in [-0.15, -0.1) is 13.2 Å². The molecule has 0 atom stereocenters. The van der Waals surface area contributed by atoms with E-state index in [1.165, 1.54) is 0 Å². The minimum Gasteiger partial charge on any atom is -0.481 e. The van der Waals surface area contributed by atoms with Crippen LogP contribution in [0.3, 0.4) is 0 Å². The van der Waals surface area contributed by atoms with Crippen LogP contribution in [-0.2, 0) is 16.4 Å². The van der Waals surface area contributed by atoms with Crippen molar-refractivity contribution in [1.29, 1.82) is 0 Å². The minimum absolute atomic E-state index is 0.131. The van der Waals surface area contributed by atoms with Crippen LogP contribution in [-0.4, -0.2) is 56.0 Å². The number of benzene rings is 1. The van der Waals surface area contributed by atoms with Crippen molar-refractivity contribution in [1.82, 2.24) is 19.7 Å². The standard InChI is InChI=1S/C25H24F3N5O4S/c1-36-23-14-16(6-9-29-23)17-12-21-22(13-17)30-15-31-24(21)33-10-7-18(8-11-33)32-38(34,35)20-4-2-19(3-5-20)37-25(26,27)28/h2-6,9,12,14-15,18,32H,7-8,10-11,13H2,1H3. The van der Waals surface area contributed by atoms with E-state index >= 15 is 0 Å². The first-order valence-electron chi connectivity index (χ1n) is 11.8. The van der Waals surface area contributed by atoms with E-state index in [4.69, 9.17) is 4.74 Å². The fourth-order valence-electron chi connectivity index (χ4n) is 4.59. The Balaban J connectivity index is 1.24. The number of sulfonamides is 1. The number of allylic oxidation sites excluding steroid dienone is 1. The van der Waals surface area contributed by atoms with Crippen LogP contribution in [0.15, 0.2) is 53.8 Å². The summed E-state index contributed by atoms with van der Waals surface area (Å²) >= 11 is 0. The predicted octanol–water partition coefficient (Wildman–Crippen LogP) is 3.82. The van der Waals surface area contributed by atoms with E-state index in [9.17, 15) is 21.6 Å². The summed E-state index contributed by atoms with van der Waals surface area (Å²) < 4.78 is 74.4.